The highest BCUT2D eigenvalue weighted by molar-refractivity contribution is 6.23. The molecule has 21 nitrogen and oxygen atoms in total. The normalized spacial score (nSPS) is 14.5. The summed E-state index contributed by atoms with van der Waals surface area (Å²) in [5.74, 6) is 1.40. The molecule has 3 aromatic heterocycles. The molecule has 2 aliphatic rings. The number of ether oxygens (including phenoxy) is 4. The number of fused-ring (bicyclic) bond motifs is 1. The van der Waals surface area contributed by atoms with Crippen molar-refractivity contribution >= 4 is 52.7 Å². The summed E-state index contributed by atoms with van der Waals surface area (Å²) < 4.78 is 66.6. The number of amides is 6. The maximum atomic E-state index is 13.1. The van der Waals surface area contributed by atoms with Crippen molar-refractivity contribution in [1.29, 1.82) is 0 Å². The van der Waals surface area contributed by atoms with Crippen LogP contribution in [0.2, 0.25) is 0 Å². The zero-order valence-electron chi connectivity index (χ0n) is 37.5. The second-order valence-corrected chi connectivity index (χ2v) is 15.6. The van der Waals surface area contributed by atoms with E-state index in [4.69, 9.17) is 29.1 Å². The van der Waals surface area contributed by atoms with Crippen molar-refractivity contribution in [3.63, 3.8) is 0 Å². The van der Waals surface area contributed by atoms with E-state index in [0.29, 0.717) is 62.9 Å². The fraction of sp³-hybridized carbons (Fsp3) is 0.319. The van der Waals surface area contributed by atoms with Gasteiger partial charge < -0.3 is 39.7 Å². The Morgan fingerprint density at radius 3 is 2.30 bits per heavy atom. The van der Waals surface area contributed by atoms with Gasteiger partial charge in [0.05, 0.1) is 68.3 Å². The van der Waals surface area contributed by atoms with Crippen LogP contribution in [0.5, 0.6) is 0 Å². The van der Waals surface area contributed by atoms with Crippen LogP contribution in [-0.2, 0) is 28.5 Å². The number of pyridine rings is 1. The van der Waals surface area contributed by atoms with Crippen molar-refractivity contribution in [2.45, 2.75) is 37.9 Å². The maximum Gasteiger partial charge on any atom is 0.405 e. The first kappa shape index (κ1) is 50.8. The quantitative estimate of drug-likeness (QED) is 0.0314. The lowest BCUT2D eigenvalue weighted by molar-refractivity contribution is -0.136. The summed E-state index contributed by atoms with van der Waals surface area (Å²) in [5, 5.41) is 11.0. The minimum atomic E-state index is -4.46. The summed E-state index contributed by atoms with van der Waals surface area (Å²) in [7, 11) is 0. The van der Waals surface area contributed by atoms with Crippen LogP contribution in [0.4, 0.5) is 24.7 Å². The third-order valence-electron chi connectivity index (χ3n) is 10.5. The summed E-state index contributed by atoms with van der Waals surface area (Å²) in [6.07, 6.45) is -0.0463. The van der Waals surface area contributed by atoms with Crippen LogP contribution < -0.4 is 21.7 Å². The summed E-state index contributed by atoms with van der Waals surface area (Å²) in [6, 6.07) is 12.6. The number of benzene rings is 2. The number of Topliss-reactive ketones (excluding diaryl/α,β-unsaturated/α-hetero) is 1. The van der Waals surface area contributed by atoms with Gasteiger partial charge >= 0.3 is 6.18 Å². The van der Waals surface area contributed by atoms with Gasteiger partial charge in [-0.3, -0.25) is 43.8 Å². The number of hydrogen-bond acceptors (Lipinski definition) is 16. The molecule has 0 spiro atoms. The maximum absolute atomic E-state index is 13.1. The number of imide groups is 2. The standard InChI is InChI=1S/C47H44F3N9O12/c48-47(49,50)27-53-38-24-30(13-14-52-38)44-55-35(26-71-44)42(63)54-34-25-58(57-40(34)41(51)62)31-8-6-29(7-9-31)37(60)4-2-16-68-18-20-70-22-21-69-19-17-67-15-1-3-28-5-10-32-33(23-28)46(66)59(45(32)65)36-11-12-39(61)56-43(36)64/h5-10,13-14,23-26,36H,2,4,11-12,15-22,27H2,(H2,51,62)(H,52,53)(H,54,63)(H,56,61,64). The van der Waals surface area contributed by atoms with E-state index in [-0.39, 0.29) is 83.7 Å². The highest BCUT2D eigenvalue weighted by atomic mass is 19.4. The van der Waals surface area contributed by atoms with Crippen molar-refractivity contribution < 1.29 is 70.1 Å². The molecule has 1 unspecified atom stereocenters. The van der Waals surface area contributed by atoms with E-state index >= 15 is 0 Å². The number of alkyl halides is 3. The highest BCUT2D eigenvalue weighted by Crippen LogP contribution is 2.29. The lowest BCUT2D eigenvalue weighted by Crippen LogP contribution is -2.54. The molecule has 0 radical (unpaired) electrons. The van der Waals surface area contributed by atoms with Gasteiger partial charge in [-0.05, 0) is 67.4 Å². The Hall–Kier alpha value is -8.11. The fourth-order valence-electron chi connectivity index (χ4n) is 7.08. The van der Waals surface area contributed by atoms with E-state index < -0.39 is 54.2 Å². The molecule has 5 N–H and O–H groups in total. The third-order valence-corrected chi connectivity index (χ3v) is 10.5. The van der Waals surface area contributed by atoms with E-state index in [1.54, 1.807) is 30.3 Å². The Balaban J connectivity index is 0.738. The second-order valence-electron chi connectivity index (χ2n) is 15.6. The van der Waals surface area contributed by atoms with Gasteiger partial charge in [0.1, 0.15) is 31.3 Å². The molecule has 5 heterocycles. The number of carbonyl (C=O) groups is 7. The van der Waals surface area contributed by atoms with Crippen LogP contribution in [-0.4, -0.2) is 137 Å². The van der Waals surface area contributed by atoms with E-state index in [0.717, 1.165) is 11.2 Å². The van der Waals surface area contributed by atoms with Gasteiger partial charge in [-0.15, -0.1) is 0 Å². The molecule has 1 fully saturated rings. The number of ketones is 1. The Labute approximate surface area is 401 Å². The van der Waals surface area contributed by atoms with Crippen LogP contribution in [0, 0.1) is 11.8 Å². The SMILES string of the molecule is NC(=O)c1nn(-c2ccc(C(=O)CCCOCCOCCOCCOCC#Cc3ccc4c(c3)C(=O)N(C3CCC(=O)NC3=O)C4=O)cc2)cc1NC(=O)c1coc(-c2ccnc(NCC(F)(F)F)c2)n1. The summed E-state index contributed by atoms with van der Waals surface area (Å²) in [5.41, 5.74) is 6.94. The summed E-state index contributed by atoms with van der Waals surface area (Å²) in [4.78, 5) is 96.6. The predicted molar refractivity (Wildman–Crippen MR) is 241 cm³/mol. The topological polar surface area (TPSA) is 278 Å². The first-order valence-electron chi connectivity index (χ1n) is 21.9. The number of aromatic nitrogens is 4. The number of halogens is 3. The molecule has 370 valence electrons. The minimum absolute atomic E-state index is 0.0352. The van der Waals surface area contributed by atoms with Crippen LogP contribution >= 0.6 is 0 Å². The predicted octanol–water partition coefficient (Wildman–Crippen LogP) is 3.73. The zero-order chi connectivity index (χ0) is 50.5. The number of piperidine rings is 1. The first-order chi connectivity index (χ1) is 34.1. The summed E-state index contributed by atoms with van der Waals surface area (Å²) in [6.45, 7) is 0.997. The molecule has 5 aromatic rings. The van der Waals surface area contributed by atoms with Crippen molar-refractivity contribution in [2.24, 2.45) is 5.73 Å². The number of rotatable bonds is 23. The number of primary amides is 1. The fourth-order valence-corrected chi connectivity index (χ4v) is 7.08. The van der Waals surface area contributed by atoms with Crippen LogP contribution in [0.15, 0.2) is 77.7 Å². The largest absolute Gasteiger partial charge is 0.444 e. The molecule has 6 amide bonds. The Morgan fingerprint density at radius 1 is 0.887 bits per heavy atom. The highest BCUT2D eigenvalue weighted by Gasteiger charge is 2.44. The van der Waals surface area contributed by atoms with Crippen LogP contribution in [0.1, 0.15) is 83.3 Å². The molecule has 0 saturated carbocycles. The smallest absolute Gasteiger partial charge is 0.405 e. The van der Waals surface area contributed by atoms with Crippen molar-refractivity contribution in [3.05, 3.63) is 107 Å². The molecule has 1 atom stereocenters. The zero-order valence-corrected chi connectivity index (χ0v) is 37.5. The number of anilines is 2. The van der Waals surface area contributed by atoms with E-state index in [2.05, 4.69) is 42.9 Å². The average Bonchev–Trinajstić information content (AvgIpc) is 4.08. The number of oxazole rings is 1. The van der Waals surface area contributed by atoms with Crippen LogP contribution in [0.3, 0.4) is 0 Å². The molecule has 2 aromatic carbocycles. The van der Waals surface area contributed by atoms with Gasteiger partial charge in [0.15, 0.2) is 17.2 Å². The lowest BCUT2D eigenvalue weighted by atomic mass is 10.0. The molecule has 24 heteroatoms. The molecule has 2 aliphatic heterocycles. The third kappa shape index (κ3) is 13.6. The molecule has 0 aliphatic carbocycles. The Bertz CT molecular complexity index is 2870. The van der Waals surface area contributed by atoms with E-state index in [1.807, 2.05) is 0 Å². The first-order valence-corrected chi connectivity index (χ1v) is 21.9. The number of nitrogens with one attached hydrogen (secondary N) is 3. The number of nitrogens with two attached hydrogens (primary N) is 1. The molecule has 7 rings (SSSR count). The molecule has 1 saturated heterocycles. The molecular formula is C47H44F3N9O12. The summed E-state index contributed by atoms with van der Waals surface area (Å²) >= 11 is 0. The Morgan fingerprint density at radius 2 is 1.59 bits per heavy atom. The van der Waals surface area contributed by atoms with Gasteiger partial charge in [0, 0.05) is 42.3 Å². The molecule has 0 bridgehead atoms. The van der Waals surface area contributed by atoms with E-state index in [1.165, 1.54) is 41.3 Å². The average molecular weight is 984 g/mol. The monoisotopic (exact) mass is 983 g/mol. The number of carbonyl (C=O) groups excluding carboxylic acids is 7. The van der Waals surface area contributed by atoms with Gasteiger partial charge in [0.2, 0.25) is 17.7 Å². The Kier molecular flexibility index (Phi) is 16.8. The van der Waals surface area contributed by atoms with Crippen molar-refractivity contribution in [2.75, 3.05) is 70.0 Å². The number of nitrogens with zero attached hydrogens (tertiary/aromatic N) is 5. The van der Waals surface area contributed by atoms with Crippen molar-refractivity contribution in [1.82, 2.24) is 30.0 Å². The van der Waals surface area contributed by atoms with Crippen LogP contribution in [0.25, 0.3) is 17.1 Å². The van der Waals surface area contributed by atoms with Gasteiger partial charge in [-0.2, -0.15) is 18.3 Å². The van der Waals surface area contributed by atoms with E-state index in [9.17, 15) is 46.7 Å². The molecular weight excluding hydrogens is 940 g/mol. The second kappa shape index (κ2) is 23.5. The molecule has 71 heavy (non-hydrogen) atoms. The van der Waals surface area contributed by atoms with Gasteiger partial charge in [0.25, 0.3) is 23.6 Å². The van der Waals surface area contributed by atoms with Crippen molar-refractivity contribution in [3.8, 4) is 29.0 Å². The van der Waals surface area contributed by atoms with Gasteiger partial charge in [-0.1, -0.05) is 11.8 Å². The lowest BCUT2D eigenvalue weighted by Gasteiger charge is -2.27. The van der Waals surface area contributed by atoms with Gasteiger partial charge in [-0.25, -0.2) is 14.6 Å². The number of hydrogen-bond donors (Lipinski definition) is 4. The minimum Gasteiger partial charge on any atom is -0.444 e.